The lowest BCUT2D eigenvalue weighted by atomic mass is 9.92. The SMILES string of the molecule is CCCC1CCN(CC(=O)c2ccccc2)CC1. The molecule has 2 nitrogen and oxygen atoms in total. The molecule has 1 aromatic rings. The van der Waals surface area contributed by atoms with Crippen molar-refractivity contribution in [2.45, 2.75) is 32.6 Å². The summed E-state index contributed by atoms with van der Waals surface area (Å²) in [6, 6.07) is 9.63. The summed E-state index contributed by atoms with van der Waals surface area (Å²) >= 11 is 0. The number of likely N-dealkylation sites (tertiary alicyclic amines) is 1. The number of rotatable bonds is 5. The molecule has 0 saturated carbocycles. The highest BCUT2D eigenvalue weighted by Gasteiger charge is 2.20. The maximum atomic E-state index is 12.1. The van der Waals surface area contributed by atoms with Gasteiger partial charge in [0.15, 0.2) is 5.78 Å². The predicted molar refractivity (Wildman–Crippen MR) is 74.8 cm³/mol. The van der Waals surface area contributed by atoms with Crippen molar-refractivity contribution in [1.29, 1.82) is 0 Å². The molecule has 1 saturated heterocycles. The van der Waals surface area contributed by atoms with Gasteiger partial charge in [-0.2, -0.15) is 0 Å². The molecule has 1 fully saturated rings. The van der Waals surface area contributed by atoms with Gasteiger partial charge in [0.1, 0.15) is 0 Å². The molecule has 0 bridgehead atoms. The lowest BCUT2D eigenvalue weighted by molar-refractivity contribution is 0.0893. The summed E-state index contributed by atoms with van der Waals surface area (Å²) in [5.74, 6) is 1.14. The van der Waals surface area contributed by atoms with Crippen molar-refractivity contribution < 1.29 is 4.79 Å². The van der Waals surface area contributed by atoms with Crippen LogP contribution in [-0.2, 0) is 0 Å². The minimum absolute atomic E-state index is 0.254. The summed E-state index contributed by atoms with van der Waals surface area (Å²) in [4.78, 5) is 14.4. The van der Waals surface area contributed by atoms with Crippen molar-refractivity contribution >= 4 is 5.78 Å². The quantitative estimate of drug-likeness (QED) is 0.741. The number of ketones is 1. The minimum atomic E-state index is 0.254. The van der Waals surface area contributed by atoms with E-state index in [1.807, 2.05) is 30.3 Å². The van der Waals surface area contributed by atoms with Crippen LogP contribution in [0.1, 0.15) is 43.0 Å². The number of nitrogens with zero attached hydrogens (tertiary/aromatic N) is 1. The Balaban J connectivity index is 1.80. The first kappa shape index (κ1) is 13.3. The molecule has 1 aliphatic heterocycles. The van der Waals surface area contributed by atoms with Gasteiger partial charge in [0.05, 0.1) is 6.54 Å². The predicted octanol–water partition coefficient (Wildman–Crippen LogP) is 3.38. The molecule has 0 spiro atoms. The first-order valence-electron chi connectivity index (χ1n) is 7.10. The fourth-order valence-corrected chi connectivity index (χ4v) is 2.76. The summed E-state index contributed by atoms with van der Waals surface area (Å²) in [5.41, 5.74) is 0.841. The largest absolute Gasteiger partial charge is 0.296 e. The molecule has 0 aromatic heterocycles. The van der Waals surface area contributed by atoms with Gasteiger partial charge in [0.25, 0.3) is 0 Å². The van der Waals surface area contributed by atoms with Gasteiger partial charge in [-0.15, -0.1) is 0 Å². The Morgan fingerprint density at radius 2 is 1.89 bits per heavy atom. The Morgan fingerprint density at radius 1 is 1.22 bits per heavy atom. The molecule has 0 atom stereocenters. The number of carbonyl (C=O) groups is 1. The zero-order valence-corrected chi connectivity index (χ0v) is 11.3. The Hall–Kier alpha value is -1.15. The zero-order valence-electron chi connectivity index (χ0n) is 11.3. The van der Waals surface area contributed by atoms with Gasteiger partial charge in [-0.25, -0.2) is 0 Å². The Bertz CT molecular complexity index is 366. The number of piperidine rings is 1. The number of hydrogen-bond acceptors (Lipinski definition) is 2. The van der Waals surface area contributed by atoms with Gasteiger partial charge in [-0.1, -0.05) is 50.1 Å². The summed E-state index contributed by atoms with van der Waals surface area (Å²) in [6.07, 6.45) is 5.15. The summed E-state index contributed by atoms with van der Waals surface area (Å²) < 4.78 is 0. The van der Waals surface area contributed by atoms with E-state index >= 15 is 0 Å². The fourth-order valence-electron chi connectivity index (χ4n) is 2.76. The van der Waals surface area contributed by atoms with E-state index in [2.05, 4.69) is 11.8 Å². The van der Waals surface area contributed by atoms with E-state index in [1.165, 1.54) is 25.7 Å². The average molecular weight is 245 g/mol. The van der Waals surface area contributed by atoms with Crippen LogP contribution in [0.2, 0.25) is 0 Å². The number of Topliss-reactive ketones (excluding diaryl/α,β-unsaturated/α-hetero) is 1. The number of carbonyl (C=O) groups excluding carboxylic acids is 1. The van der Waals surface area contributed by atoms with Crippen LogP contribution < -0.4 is 0 Å². The lowest BCUT2D eigenvalue weighted by Crippen LogP contribution is -2.37. The highest BCUT2D eigenvalue weighted by molar-refractivity contribution is 5.97. The van der Waals surface area contributed by atoms with E-state index in [9.17, 15) is 4.79 Å². The molecule has 0 N–H and O–H groups in total. The molecule has 1 aliphatic rings. The van der Waals surface area contributed by atoms with Crippen LogP contribution in [0.4, 0.5) is 0 Å². The van der Waals surface area contributed by atoms with E-state index in [0.717, 1.165) is 24.6 Å². The molecule has 98 valence electrons. The molecule has 1 aromatic carbocycles. The second kappa shape index (κ2) is 6.69. The topological polar surface area (TPSA) is 20.3 Å². The van der Waals surface area contributed by atoms with Crippen molar-refractivity contribution in [3.05, 3.63) is 35.9 Å². The van der Waals surface area contributed by atoms with E-state index in [-0.39, 0.29) is 5.78 Å². The first-order valence-corrected chi connectivity index (χ1v) is 7.10. The van der Waals surface area contributed by atoms with Crippen molar-refractivity contribution in [3.8, 4) is 0 Å². The van der Waals surface area contributed by atoms with Crippen LogP contribution in [-0.4, -0.2) is 30.3 Å². The molecular formula is C16H23NO. The van der Waals surface area contributed by atoms with Crippen molar-refractivity contribution in [1.82, 2.24) is 4.90 Å². The van der Waals surface area contributed by atoms with E-state index in [0.29, 0.717) is 6.54 Å². The normalized spacial score (nSPS) is 17.8. The lowest BCUT2D eigenvalue weighted by Gasteiger charge is -2.31. The van der Waals surface area contributed by atoms with Crippen molar-refractivity contribution in [2.75, 3.05) is 19.6 Å². The highest BCUT2D eigenvalue weighted by Crippen LogP contribution is 2.21. The smallest absolute Gasteiger partial charge is 0.176 e. The van der Waals surface area contributed by atoms with Gasteiger partial charge < -0.3 is 0 Å². The average Bonchev–Trinajstić information content (AvgIpc) is 2.42. The second-order valence-electron chi connectivity index (χ2n) is 5.30. The van der Waals surface area contributed by atoms with E-state index < -0.39 is 0 Å². The molecule has 0 aliphatic carbocycles. The molecule has 0 unspecified atom stereocenters. The van der Waals surface area contributed by atoms with Crippen LogP contribution in [0.5, 0.6) is 0 Å². The molecule has 2 rings (SSSR count). The third-order valence-electron chi connectivity index (χ3n) is 3.87. The Labute approximate surface area is 110 Å². The van der Waals surface area contributed by atoms with Crippen LogP contribution in [0, 0.1) is 5.92 Å². The first-order chi connectivity index (χ1) is 8.79. The molecule has 1 heterocycles. The maximum absolute atomic E-state index is 12.1. The van der Waals surface area contributed by atoms with Crippen LogP contribution in [0.15, 0.2) is 30.3 Å². The van der Waals surface area contributed by atoms with Crippen LogP contribution >= 0.6 is 0 Å². The van der Waals surface area contributed by atoms with Gasteiger partial charge in [0.2, 0.25) is 0 Å². The minimum Gasteiger partial charge on any atom is -0.296 e. The Kier molecular flexibility index (Phi) is 4.94. The van der Waals surface area contributed by atoms with Gasteiger partial charge in [-0.3, -0.25) is 9.69 Å². The third-order valence-corrected chi connectivity index (χ3v) is 3.87. The molecule has 18 heavy (non-hydrogen) atoms. The number of benzene rings is 1. The van der Waals surface area contributed by atoms with E-state index in [4.69, 9.17) is 0 Å². The molecule has 2 heteroatoms. The van der Waals surface area contributed by atoms with Crippen molar-refractivity contribution in [2.24, 2.45) is 5.92 Å². The Morgan fingerprint density at radius 3 is 2.50 bits per heavy atom. The summed E-state index contributed by atoms with van der Waals surface area (Å²) in [7, 11) is 0. The van der Waals surface area contributed by atoms with Crippen LogP contribution in [0.25, 0.3) is 0 Å². The standard InChI is InChI=1S/C16H23NO/c1-2-6-14-9-11-17(12-10-14)13-16(18)15-7-4-3-5-8-15/h3-5,7-8,14H,2,6,9-13H2,1H3. The summed E-state index contributed by atoms with van der Waals surface area (Å²) in [5, 5.41) is 0. The van der Waals surface area contributed by atoms with Gasteiger partial charge in [-0.05, 0) is 31.8 Å². The van der Waals surface area contributed by atoms with Gasteiger partial charge in [0, 0.05) is 5.56 Å². The summed E-state index contributed by atoms with van der Waals surface area (Å²) in [6.45, 7) is 5.01. The van der Waals surface area contributed by atoms with E-state index in [1.54, 1.807) is 0 Å². The zero-order chi connectivity index (χ0) is 12.8. The molecule has 0 radical (unpaired) electrons. The third kappa shape index (κ3) is 3.67. The van der Waals surface area contributed by atoms with Crippen LogP contribution in [0.3, 0.4) is 0 Å². The number of hydrogen-bond donors (Lipinski definition) is 0. The maximum Gasteiger partial charge on any atom is 0.176 e. The second-order valence-corrected chi connectivity index (χ2v) is 5.30. The molecular weight excluding hydrogens is 222 g/mol. The van der Waals surface area contributed by atoms with Crippen molar-refractivity contribution in [3.63, 3.8) is 0 Å². The monoisotopic (exact) mass is 245 g/mol. The van der Waals surface area contributed by atoms with Gasteiger partial charge >= 0.3 is 0 Å². The fraction of sp³-hybridized carbons (Fsp3) is 0.562. The molecule has 0 amide bonds. The highest BCUT2D eigenvalue weighted by atomic mass is 16.1.